The number of pyridine rings is 1. The summed E-state index contributed by atoms with van der Waals surface area (Å²) >= 11 is 0. The number of hydrogen-bond donors (Lipinski definition) is 1. The van der Waals surface area contributed by atoms with E-state index in [1.54, 1.807) is 14.1 Å². The number of aromatic nitrogens is 1. The van der Waals surface area contributed by atoms with Crippen LogP contribution in [0.4, 0.5) is 11.5 Å². The number of hydrogen-bond acceptors (Lipinski definition) is 5. The van der Waals surface area contributed by atoms with Crippen LogP contribution in [0.1, 0.15) is 30.6 Å². The first kappa shape index (κ1) is 15.9. The molecule has 7 heteroatoms. The SMILES string of the molecule is CNc1cc(C(=O)N(C)CCC(C)C)c([N+](=O)[O-])cn1. The van der Waals surface area contributed by atoms with E-state index < -0.39 is 4.92 Å². The monoisotopic (exact) mass is 280 g/mol. The van der Waals surface area contributed by atoms with Gasteiger partial charge in [0.25, 0.3) is 11.6 Å². The minimum absolute atomic E-state index is 0.0561. The Morgan fingerprint density at radius 2 is 2.20 bits per heavy atom. The molecule has 0 aliphatic rings. The second-order valence-corrected chi connectivity index (χ2v) is 5.00. The maximum absolute atomic E-state index is 12.3. The minimum atomic E-state index is -0.587. The van der Waals surface area contributed by atoms with Crippen LogP contribution in [0, 0.1) is 16.0 Å². The molecular weight excluding hydrogens is 260 g/mol. The molecule has 0 bridgehead atoms. The third-order valence-corrected chi connectivity index (χ3v) is 2.95. The summed E-state index contributed by atoms with van der Waals surface area (Å²) in [6, 6.07) is 1.41. The van der Waals surface area contributed by atoms with Gasteiger partial charge < -0.3 is 10.2 Å². The summed E-state index contributed by atoms with van der Waals surface area (Å²) in [4.78, 5) is 28.1. The van der Waals surface area contributed by atoms with Crippen molar-refractivity contribution < 1.29 is 9.72 Å². The van der Waals surface area contributed by atoms with Crippen molar-refractivity contribution in [3.05, 3.63) is 27.9 Å². The van der Waals surface area contributed by atoms with Crippen LogP contribution in [0.3, 0.4) is 0 Å². The molecule has 0 aromatic carbocycles. The Hall–Kier alpha value is -2.18. The van der Waals surface area contributed by atoms with E-state index in [2.05, 4.69) is 24.1 Å². The number of carbonyl (C=O) groups is 1. The van der Waals surface area contributed by atoms with Crippen molar-refractivity contribution in [3.63, 3.8) is 0 Å². The van der Waals surface area contributed by atoms with E-state index in [0.717, 1.165) is 12.6 Å². The van der Waals surface area contributed by atoms with E-state index in [1.165, 1.54) is 11.0 Å². The topological polar surface area (TPSA) is 88.4 Å². The highest BCUT2D eigenvalue weighted by Gasteiger charge is 2.24. The molecule has 0 radical (unpaired) electrons. The summed E-state index contributed by atoms with van der Waals surface area (Å²) < 4.78 is 0. The second-order valence-electron chi connectivity index (χ2n) is 5.00. The number of rotatable bonds is 6. The fourth-order valence-electron chi connectivity index (χ4n) is 1.66. The molecule has 0 saturated carbocycles. The highest BCUT2D eigenvalue weighted by atomic mass is 16.6. The summed E-state index contributed by atoms with van der Waals surface area (Å²) in [5, 5.41) is 13.8. The van der Waals surface area contributed by atoms with Crippen LogP contribution in [0.5, 0.6) is 0 Å². The van der Waals surface area contributed by atoms with Crippen molar-refractivity contribution in [1.82, 2.24) is 9.88 Å². The van der Waals surface area contributed by atoms with Gasteiger partial charge in [-0.05, 0) is 12.3 Å². The Balaban J connectivity index is 3.03. The molecule has 0 atom stereocenters. The first-order valence-corrected chi connectivity index (χ1v) is 6.44. The number of amides is 1. The largest absolute Gasteiger partial charge is 0.373 e. The third kappa shape index (κ3) is 3.91. The van der Waals surface area contributed by atoms with Crippen LogP contribution < -0.4 is 5.32 Å². The van der Waals surface area contributed by atoms with E-state index in [4.69, 9.17) is 0 Å². The van der Waals surface area contributed by atoms with Crippen molar-refractivity contribution in [1.29, 1.82) is 0 Å². The number of nitrogens with one attached hydrogen (secondary N) is 1. The molecular formula is C13H20N4O3. The van der Waals surface area contributed by atoms with Crippen LogP contribution in [0.2, 0.25) is 0 Å². The summed E-state index contributed by atoms with van der Waals surface area (Å²) in [6.07, 6.45) is 1.95. The molecule has 110 valence electrons. The predicted molar refractivity (Wildman–Crippen MR) is 76.9 cm³/mol. The number of carbonyl (C=O) groups excluding carboxylic acids is 1. The van der Waals surface area contributed by atoms with Crippen molar-refractivity contribution in [2.75, 3.05) is 26.0 Å². The smallest absolute Gasteiger partial charge is 0.300 e. The van der Waals surface area contributed by atoms with E-state index in [-0.39, 0.29) is 17.2 Å². The van der Waals surface area contributed by atoms with E-state index in [0.29, 0.717) is 18.3 Å². The highest BCUT2D eigenvalue weighted by Crippen LogP contribution is 2.21. The minimum Gasteiger partial charge on any atom is -0.373 e. The maximum atomic E-state index is 12.3. The Kier molecular flexibility index (Phi) is 5.42. The summed E-state index contributed by atoms with van der Waals surface area (Å²) in [6.45, 7) is 4.68. The van der Waals surface area contributed by atoms with Crippen LogP contribution >= 0.6 is 0 Å². The molecule has 0 saturated heterocycles. The first-order valence-electron chi connectivity index (χ1n) is 6.44. The van der Waals surface area contributed by atoms with Crippen LogP contribution in [-0.4, -0.2) is 41.4 Å². The molecule has 0 fully saturated rings. The van der Waals surface area contributed by atoms with Gasteiger partial charge in [-0.15, -0.1) is 0 Å². The molecule has 1 amide bonds. The molecule has 0 spiro atoms. The van der Waals surface area contributed by atoms with Crippen molar-refractivity contribution in [3.8, 4) is 0 Å². The zero-order valence-corrected chi connectivity index (χ0v) is 12.2. The molecule has 1 aromatic heterocycles. The standard InChI is InChI=1S/C13H20N4O3/c1-9(2)5-6-16(4)13(18)10-7-12(14-3)15-8-11(10)17(19)20/h7-9H,5-6H2,1-4H3,(H,14,15). The normalized spacial score (nSPS) is 10.4. The van der Waals surface area contributed by atoms with E-state index in [9.17, 15) is 14.9 Å². The van der Waals surface area contributed by atoms with Gasteiger partial charge in [0.2, 0.25) is 0 Å². The van der Waals surface area contributed by atoms with Gasteiger partial charge in [0.05, 0.1) is 4.92 Å². The lowest BCUT2D eigenvalue weighted by Crippen LogP contribution is -2.29. The molecule has 1 heterocycles. The molecule has 1 aromatic rings. The summed E-state index contributed by atoms with van der Waals surface area (Å²) in [5.41, 5.74) is -0.217. The lowest BCUT2D eigenvalue weighted by atomic mass is 10.1. The van der Waals surface area contributed by atoms with Gasteiger partial charge in [-0.25, -0.2) is 4.98 Å². The zero-order chi connectivity index (χ0) is 15.3. The number of anilines is 1. The van der Waals surface area contributed by atoms with Crippen LogP contribution in [0.15, 0.2) is 12.3 Å². The van der Waals surface area contributed by atoms with Crippen molar-refractivity contribution in [2.24, 2.45) is 5.92 Å². The lowest BCUT2D eigenvalue weighted by molar-refractivity contribution is -0.385. The predicted octanol–water partition coefficient (Wildman–Crippen LogP) is 2.15. The maximum Gasteiger partial charge on any atom is 0.300 e. The second kappa shape index (κ2) is 6.83. The Labute approximate surface area is 118 Å². The average molecular weight is 280 g/mol. The fraction of sp³-hybridized carbons (Fsp3) is 0.538. The molecule has 0 aliphatic heterocycles. The molecule has 7 nitrogen and oxygen atoms in total. The van der Waals surface area contributed by atoms with E-state index in [1.807, 2.05) is 0 Å². The van der Waals surface area contributed by atoms with E-state index >= 15 is 0 Å². The molecule has 20 heavy (non-hydrogen) atoms. The summed E-state index contributed by atoms with van der Waals surface area (Å²) in [5.74, 6) is 0.526. The molecule has 1 N–H and O–H groups in total. The fourth-order valence-corrected chi connectivity index (χ4v) is 1.66. The van der Waals surface area contributed by atoms with Gasteiger partial charge in [0, 0.05) is 26.7 Å². The van der Waals surface area contributed by atoms with Crippen molar-refractivity contribution in [2.45, 2.75) is 20.3 Å². The van der Waals surface area contributed by atoms with Gasteiger partial charge in [0.1, 0.15) is 17.6 Å². The zero-order valence-electron chi connectivity index (χ0n) is 12.2. The third-order valence-electron chi connectivity index (χ3n) is 2.95. The quantitative estimate of drug-likeness (QED) is 0.637. The van der Waals surface area contributed by atoms with Gasteiger partial charge in [-0.1, -0.05) is 13.8 Å². The highest BCUT2D eigenvalue weighted by molar-refractivity contribution is 5.98. The Morgan fingerprint density at radius 1 is 1.55 bits per heavy atom. The number of nitrogens with zero attached hydrogens (tertiary/aromatic N) is 3. The average Bonchev–Trinajstić information content (AvgIpc) is 2.42. The van der Waals surface area contributed by atoms with Gasteiger partial charge in [-0.3, -0.25) is 14.9 Å². The number of nitro groups is 1. The van der Waals surface area contributed by atoms with Crippen LogP contribution in [-0.2, 0) is 0 Å². The molecule has 1 rings (SSSR count). The first-order chi connectivity index (χ1) is 9.36. The van der Waals surface area contributed by atoms with Gasteiger partial charge >= 0.3 is 0 Å². The van der Waals surface area contributed by atoms with Crippen LogP contribution in [0.25, 0.3) is 0 Å². The van der Waals surface area contributed by atoms with Crippen molar-refractivity contribution >= 4 is 17.4 Å². The van der Waals surface area contributed by atoms with Gasteiger partial charge in [0.15, 0.2) is 0 Å². The lowest BCUT2D eigenvalue weighted by Gasteiger charge is -2.18. The Bertz CT molecular complexity index is 502. The van der Waals surface area contributed by atoms with Gasteiger partial charge in [-0.2, -0.15) is 0 Å². The Morgan fingerprint density at radius 3 is 2.70 bits per heavy atom. The molecule has 0 unspecified atom stereocenters. The molecule has 0 aliphatic carbocycles. The summed E-state index contributed by atoms with van der Waals surface area (Å²) in [7, 11) is 3.29.